The van der Waals surface area contributed by atoms with E-state index in [1.54, 1.807) is 6.92 Å². The summed E-state index contributed by atoms with van der Waals surface area (Å²) in [6, 6.07) is 1.43. The lowest BCUT2D eigenvalue weighted by Crippen LogP contribution is -2.14. The number of hydrogen-bond acceptors (Lipinski definition) is 3. The molecule has 2 aromatic heterocycles. The minimum Gasteiger partial charge on any atom is -0.274 e. The van der Waals surface area contributed by atoms with E-state index in [9.17, 15) is 4.79 Å². The highest BCUT2D eigenvalue weighted by atomic mass is 35.5. The van der Waals surface area contributed by atoms with Gasteiger partial charge in [0.2, 0.25) is 0 Å². The Kier molecular flexibility index (Phi) is 1.81. The molecule has 0 saturated carbocycles. The fraction of sp³-hybridized carbons (Fsp3) is 0.286. The molecule has 0 radical (unpaired) electrons. The Hall–Kier alpha value is -1.36. The van der Waals surface area contributed by atoms with Gasteiger partial charge in [0, 0.05) is 11.8 Å². The van der Waals surface area contributed by atoms with Gasteiger partial charge in [-0.15, -0.1) is 11.6 Å². The van der Waals surface area contributed by atoms with Gasteiger partial charge in [-0.1, -0.05) is 0 Å². The number of H-pyrrole nitrogens is 1. The van der Waals surface area contributed by atoms with Crippen molar-refractivity contribution in [1.29, 1.82) is 0 Å². The van der Waals surface area contributed by atoms with Crippen LogP contribution in [0.2, 0.25) is 0 Å². The molecule has 6 heteroatoms. The summed E-state index contributed by atoms with van der Waals surface area (Å²) in [5.74, 6) is 1.14. The van der Waals surface area contributed by atoms with E-state index < -0.39 is 0 Å². The van der Waals surface area contributed by atoms with Crippen molar-refractivity contribution in [3.63, 3.8) is 0 Å². The summed E-state index contributed by atoms with van der Waals surface area (Å²) in [7, 11) is 0. The third-order valence-corrected chi connectivity index (χ3v) is 1.88. The fourth-order valence-corrected chi connectivity index (χ4v) is 1.22. The number of hydrogen-bond donors (Lipinski definition) is 1. The summed E-state index contributed by atoms with van der Waals surface area (Å²) < 4.78 is 1.27. The van der Waals surface area contributed by atoms with Gasteiger partial charge in [-0.05, 0) is 6.92 Å². The molecule has 0 spiro atoms. The number of halogens is 1. The van der Waals surface area contributed by atoms with Crippen LogP contribution < -0.4 is 5.56 Å². The number of aryl methyl sites for hydroxylation is 1. The summed E-state index contributed by atoms with van der Waals surface area (Å²) in [6.07, 6.45) is 0. The van der Waals surface area contributed by atoms with Crippen LogP contribution in [0.1, 0.15) is 11.5 Å². The van der Waals surface area contributed by atoms with Gasteiger partial charge < -0.3 is 0 Å². The lowest BCUT2D eigenvalue weighted by atomic mass is 10.5. The molecule has 13 heavy (non-hydrogen) atoms. The standard InChI is InChI=1S/C7H7ClN4O/c1-4-2-6(13)12-7(9-4)10-5(3-8)11-12/h2H,3H2,1H3,(H,9,10,11). The lowest BCUT2D eigenvalue weighted by molar-refractivity contribution is 0.869. The molecule has 0 fully saturated rings. The van der Waals surface area contributed by atoms with Crippen LogP contribution in [-0.2, 0) is 5.88 Å². The van der Waals surface area contributed by atoms with Crippen molar-refractivity contribution in [3.8, 4) is 0 Å². The van der Waals surface area contributed by atoms with Crippen molar-refractivity contribution in [2.45, 2.75) is 12.8 Å². The topological polar surface area (TPSA) is 63.0 Å². The molecule has 0 saturated heterocycles. The summed E-state index contributed by atoms with van der Waals surface area (Å²) in [5, 5.41) is 2.74. The average Bonchev–Trinajstić information content (AvgIpc) is 2.47. The number of alkyl halides is 1. The first-order valence-corrected chi connectivity index (χ1v) is 4.25. The predicted octanol–water partition coefficient (Wildman–Crippen LogP) is 0.465. The van der Waals surface area contributed by atoms with Crippen molar-refractivity contribution in [2.24, 2.45) is 0 Å². The highest BCUT2D eigenvalue weighted by molar-refractivity contribution is 6.16. The molecule has 0 aliphatic carbocycles. The largest absolute Gasteiger partial charge is 0.274 e. The number of nitrogens with one attached hydrogen (secondary N) is 1. The maximum absolute atomic E-state index is 11.3. The van der Waals surface area contributed by atoms with Crippen LogP contribution in [0, 0.1) is 6.92 Å². The zero-order valence-electron chi connectivity index (χ0n) is 6.91. The van der Waals surface area contributed by atoms with Gasteiger partial charge >= 0.3 is 0 Å². The molecule has 0 amide bonds. The number of rotatable bonds is 1. The summed E-state index contributed by atoms with van der Waals surface area (Å²) in [4.78, 5) is 19.4. The number of fused-ring (bicyclic) bond motifs is 1. The maximum atomic E-state index is 11.3. The van der Waals surface area contributed by atoms with Crippen LogP contribution >= 0.6 is 11.6 Å². The van der Waals surface area contributed by atoms with E-state index in [2.05, 4.69) is 15.1 Å². The molecule has 0 unspecified atom stereocenters. The molecule has 0 bridgehead atoms. The van der Waals surface area contributed by atoms with Crippen LogP contribution in [0.25, 0.3) is 5.78 Å². The smallest absolute Gasteiger partial charge is 0.274 e. The second-order valence-electron chi connectivity index (χ2n) is 2.68. The van der Waals surface area contributed by atoms with Crippen molar-refractivity contribution in [2.75, 3.05) is 0 Å². The van der Waals surface area contributed by atoms with E-state index in [4.69, 9.17) is 11.6 Å². The molecule has 1 N–H and O–H groups in total. The minimum atomic E-state index is -0.175. The van der Waals surface area contributed by atoms with Crippen LogP contribution in [0.3, 0.4) is 0 Å². The summed E-state index contributed by atoms with van der Waals surface area (Å²) in [5.41, 5.74) is 0.476. The molecular formula is C7H7ClN4O. The summed E-state index contributed by atoms with van der Waals surface area (Å²) >= 11 is 5.55. The molecule has 2 heterocycles. The SMILES string of the molecule is Cc1cc(=O)n2[nH]c(CCl)nc2n1. The minimum absolute atomic E-state index is 0.175. The van der Waals surface area contributed by atoms with E-state index in [-0.39, 0.29) is 11.4 Å². The molecule has 2 aromatic rings. The normalized spacial score (nSPS) is 10.9. The van der Waals surface area contributed by atoms with Crippen molar-refractivity contribution < 1.29 is 0 Å². The predicted molar refractivity (Wildman–Crippen MR) is 47.9 cm³/mol. The van der Waals surface area contributed by atoms with Gasteiger partial charge in [0.15, 0.2) is 0 Å². The van der Waals surface area contributed by atoms with Crippen LogP contribution in [-0.4, -0.2) is 19.6 Å². The second-order valence-corrected chi connectivity index (χ2v) is 2.94. The van der Waals surface area contributed by atoms with Gasteiger partial charge in [0.1, 0.15) is 5.82 Å². The van der Waals surface area contributed by atoms with Crippen LogP contribution in [0.15, 0.2) is 10.9 Å². The Morgan fingerprint density at radius 1 is 1.62 bits per heavy atom. The first-order valence-electron chi connectivity index (χ1n) is 3.72. The van der Waals surface area contributed by atoms with Gasteiger partial charge in [-0.2, -0.15) is 9.50 Å². The number of aromatic amines is 1. The molecule has 0 atom stereocenters. The van der Waals surface area contributed by atoms with Crippen LogP contribution in [0.4, 0.5) is 0 Å². The van der Waals surface area contributed by atoms with Gasteiger partial charge in [-0.3, -0.25) is 9.89 Å². The first-order chi connectivity index (χ1) is 6.20. The van der Waals surface area contributed by atoms with Crippen molar-refractivity contribution >= 4 is 17.4 Å². The monoisotopic (exact) mass is 198 g/mol. The average molecular weight is 199 g/mol. The van der Waals surface area contributed by atoms with Crippen LogP contribution in [0.5, 0.6) is 0 Å². The number of aromatic nitrogens is 4. The molecule has 0 aliphatic heterocycles. The molecule has 2 rings (SSSR count). The second kappa shape index (κ2) is 2.85. The zero-order valence-corrected chi connectivity index (χ0v) is 7.67. The summed E-state index contributed by atoms with van der Waals surface area (Å²) in [6.45, 7) is 1.75. The molecule has 0 aromatic carbocycles. The van der Waals surface area contributed by atoms with Gasteiger partial charge in [-0.25, -0.2) is 4.98 Å². The quantitative estimate of drug-likeness (QED) is 0.678. The Balaban J connectivity index is 2.83. The zero-order chi connectivity index (χ0) is 9.42. The van der Waals surface area contributed by atoms with E-state index in [0.717, 1.165) is 0 Å². The first kappa shape index (κ1) is 8.25. The van der Waals surface area contributed by atoms with Gasteiger partial charge in [0.25, 0.3) is 11.3 Å². The highest BCUT2D eigenvalue weighted by Gasteiger charge is 2.04. The molecule has 5 nitrogen and oxygen atoms in total. The maximum Gasteiger partial charge on any atom is 0.274 e. The van der Waals surface area contributed by atoms with E-state index in [0.29, 0.717) is 17.3 Å². The Labute approximate surface area is 78.4 Å². The van der Waals surface area contributed by atoms with E-state index in [1.807, 2.05) is 0 Å². The Morgan fingerprint density at radius 3 is 3.08 bits per heavy atom. The van der Waals surface area contributed by atoms with E-state index in [1.165, 1.54) is 10.6 Å². The van der Waals surface area contributed by atoms with Crippen molar-refractivity contribution in [1.82, 2.24) is 19.6 Å². The Morgan fingerprint density at radius 2 is 2.38 bits per heavy atom. The number of nitrogens with zero attached hydrogens (tertiary/aromatic N) is 3. The van der Waals surface area contributed by atoms with Gasteiger partial charge in [0.05, 0.1) is 5.88 Å². The lowest BCUT2D eigenvalue weighted by Gasteiger charge is -1.90. The molecule has 0 aliphatic rings. The Bertz CT molecular complexity index is 501. The third kappa shape index (κ3) is 1.31. The van der Waals surface area contributed by atoms with E-state index >= 15 is 0 Å². The van der Waals surface area contributed by atoms with Crippen molar-refractivity contribution in [3.05, 3.63) is 27.9 Å². The molecular weight excluding hydrogens is 192 g/mol. The molecule has 68 valence electrons. The highest BCUT2D eigenvalue weighted by Crippen LogP contribution is 1.98. The third-order valence-electron chi connectivity index (χ3n) is 1.63. The fourth-order valence-electron chi connectivity index (χ4n) is 1.10.